The molecule has 0 saturated heterocycles. The minimum absolute atomic E-state index is 0.0873. The van der Waals surface area contributed by atoms with Crippen LogP contribution in [0.25, 0.3) is 0 Å². The molecule has 0 saturated carbocycles. The number of amides is 2. The van der Waals surface area contributed by atoms with E-state index in [1.54, 1.807) is 24.3 Å². The first-order chi connectivity index (χ1) is 15.3. The molecule has 2 amide bonds. The van der Waals surface area contributed by atoms with Gasteiger partial charge in [-0.15, -0.1) is 0 Å². The number of nitrogens with one attached hydrogen (secondary N) is 2. The third-order valence-electron chi connectivity index (χ3n) is 4.68. The summed E-state index contributed by atoms with van der Waals surface area (Å²) in [5.41, 5.74) is 1.64. The molecule has 2 rings (SSSR count). The molecular formula is C24H29ClN2O5. The van der Waals surface area contributed by atoms with Gasteiger partial charge in [-0.3, -0.25) is 4.79 Å². The molecule has 2 atom stereocenters. The van der Waals surface area contributed by atoms with Gasteiger partial charge in [0.2, 0.25) is 5.91 Å². The van der Waals surface area contributed by atoms with E-state index >= 15 is 0 Å². The number of carbonyl (C=O) groups is 3. The van der Waals surface area contributed by atoms with Gasteiger partial charge in [-0.05, 0) is 35.6 Å². The van der Waals surface area contributed by atoms with E-state index in [1.807, 2.05) is 44.2 Å². The number of hydrogen-bond acceptors (Lipinski definition) is 5. The van der Waals surface area contributed by atoms with E-state index in [-0.39, 0.29) is 18.9 Å². The van der Waals surface area contributed by atoms with Gasteiger partial charge in [-0.1, -0.05) is 67.9 Å². The van der Waals surface area contributed by atoms with Crippen LogP contribution in [0.4, 0.5) is 4.79 Å². The van der Waals surface area contributed by atoms with Crippen LogP contribution < -0.4 is 10.6 Å². The van der Waals surface area contributed by atoms with Crippen LogP contribution in [0.15, 0.2) is 54.6 Å². The van der Waals surface area contributed by atoms with Gasteiger partial charge < -0.3 is 20.1 Å². The predicted molar refractivity (Wildman–Crippen MR) is 122 cm³/mol. The number of benzene rings is 2. The Labute approximate surface area is 193 Å². The molecule has 2 N–H and O–H groups in total. The van der Waals surface area contributed by atoms with Gasteiger partial charge in [0.05, 0.1) is 7.11 Å². The van der Waals surface area contributed by atoms with E-state index < -0.39 is 30.1 Å². The molecule has 0 bridgehead atoms. The molecule has 2 aromatic rings. The Balaban J connectivity index is 2.03. The molecule has 8 heteroatoms. The Hall–Kier alpha value is -3.06. The maximum Gasteiger partial charge on any atom is 0.408 e. The van der Waals surface area contributed by atoms with Crippen molar-refractivity contribution in [3.8, 4) is 0 Å². The lowest BCUT2D eigenvalue weighted by Gasteiger charge is -2.23. The van der Waals surface area contributed by atoms with Gasteiger partial charge in [-0.25, -0.2) is 9.59 Å². The second-order valence-corrected chi connectivity index (χ2v) is 8.24. The van der Waals surface area contributed by atoms with E-state index in [1.165, 1.54) is 7.11 Å². The van der Waals surface area contributed by atoms with Gasteiger partial charge in [0.1, 0.15) is 18.7 Å². The van der Waals surface area contributed by atoms with Crippen LogP contribution in [0, 0.1) is 5.92 Å². The molecule has 0 aliphatic rings. The maximum atomic E-state index is 13.0. The SMILES string of the molecule is COC(=O)[C@H](Cc1ccc(Cl)cc1)NC(=O)[C@H](CC(C)C)NC(=O)OCc1ccccc1. The Morgan fingerprint density at radius 3 is 2.16 bits per heavy atom. The Morgan fingerprint density at radius 2 is 1.56 bits per heavy atom. The topological polar surface area (TPSA) is 93.7 Å². The summed E-state index contributed by atoms with van der Waals surface area (Å²) in [6.07, 6.45) is -0.106. The van der Waals surface area contributed by atoms with E-state index in [2.05, 4.69) is 10.6 Å². The molecular weight excluding hydrogens is 432 g/mol. The lowest BCUT2D eigenvalue weighted by atomic mass is 10.0. The summed E-state index contributed by atoms with van der Waals surface area (Å²) in [6.45, 7) is 3.95. The highest BCUT2D eigenvalue weighted by Crippen LogP contribution is 2.13. The monoisotopic (exact) mass is 460 g/mol. The molecule has 0 radical (unpaired) electrons. The molecule has 2 aromatic carbocycles. The molecule has 172 valence electrons. The summed E-state index contributed by atoms with van der Waals surface area (Å²) in [4.78, 5) is 37.5. The van der Waals surface area contributed by atoms with Crippen molar-refractivity contribution in [2.24, 2.45) is 5.92 Å². The minimum atomic E-state index is -0.912. The van der Waals surface area contributed by atoms with Gasteiger partial charge in [-0.2, -0.15) is 0 Å². The Bertz CT molecular complexity index is 887. The summed E-state index contributed by atoms with van der Waals surface area (Å²) in [6, 6.07) is 14.4. The van der Waals surface area contributed by atoms with Crippen molar-refractivity contribution in [3.05, 3.63) is 70.7 Å². The average molecular weight is 461 g/mol. The van der Waals surface area contributed by atoms with Gasteiger partial charge in [0.15, 0.2) is 0 Å². The number of rotatable bonds is 10. The fraction of sp³-hybridized carbons (Fsp3) is 0.375. The Kier molecular flexibility index (Phi) is 10.0. The molecule has 0 aromatic heterocycles. The predicted octanol–water partition coefficient (Wildman–Crippen LogP) is 3.88. The number of alkyl carbamates (subject to hydrolysis) is 1. The molecule has 0 aliphatic carbocycles. The lowest BCUT2D eigenvalue weighted by molar-refractivity contribution is -0.145. The third kappa shape index (κ3) is 8.59. The number of hydrogen-bond donors (Lipinski definition) is 2. The van der Waals surface area contributed by atoms with Crippen LogP contribution in [-0.4, -0.2) is 37.2 Å². The third-order valence-corrected chi connectivity index (χ3v) is 4.94. The van der Waals surface area contributed by atoms with E-state index in [9.17, 15) is 14.4 Å². The largest absolute Gasteiger partial charge is 0.467 e. The minimum Gasteiger partial charge on any atom is -0.467 e. The number of ether oxygens (including phenoxy) is 2. The van der Waals surface area contributed by atoms with Crippen molar-refractivity contribution in [1.82, 2.24) is 10.6 Å². The highest BCUT2D eigenvalue weighted by molar-refractivity contribution is 6.30. The van der Waals surface area contributed by atoms with Crippen molar-refractivity contribution in [1.29, 1.82) is 0 Å². The van der Waals surface area contributed by atoms with Crippen LogP contribution in [0.3, 0.4) is 0 Å². The second-order valence-electron chi connectivity index (χ2n) is 7.80. The fourth-order valence-corrected chi connectivity index (χ4v) is 3.20. The summed E-state index contributed by atoms with van der Waals surface area (Å²) < 4.78 is 10.1. The van der Waals surface area contributed by atoms with Crippen molar-refractivity contribution < 1.29 is 23.9 Å². The van der Waals surface area contributed by atoms with Crippen molar-refractivity contribution in [3.63, 3.8) is 0 Å². The zero-order valence-corrected chi connectivity index (χ0v) is 19.2. The lowest BCUT2D eigenvalue weighted by Crippen LogP contribution is -2.53. The molecule has 0 unspecified atom stereocenters. The molecule has 0 fully saturated rings. The van der Waals surface area contributed by atoms with E-state index in [0.717, 1.165) is 11.1 Å². The van der Waals surface area contributed by atoms with Crippen LogP contribution in [0.1, 0.15) is 31.4 Å². The molecule has 0 aliphatic heterocycles. The number of carbonyl (C=O) groups excluding carboxylic acids is 3. The summed E-state index contributed by atoms with van der Waals surface area (Å²) in [7, 11) is 1.26. The number of esters is 1. The van der Waals surface area contributed by atoms with Gasteiger partial charge in [0.25, 0.3) is 0 Å². The summed E-state index contributed by atoms with van der Waals surface area (Å²) in [5.74, 6) is -0.948. The first-order valence-corrected chi connectivity index (χ1v) is 10.8. The summed E-state index contributed by atoms with van der Waals surface area (Å²) >= 11 is 5.91. The highest BCUT2D eigenvalue weighted by Gasteiger charge is 2.28. The van der Waals surface area contributed by atoms with Crippen LogP contribution in [0.2, 0.25) is 5.02 Å². The van der Waals surface area contributed by atoms with Gasteiger partial charge >= 0.3 is 12.1 Å². The molecule has 0 heterocycles. The smallest absolute Gasteiger partial charge is 0.408 e. The average Bonchev–Trinajstić information content (AvgIpc) is 2.78. The zero-order chi connectivity index (χ0) is 23.5. The molecule has 7 nitrogen and oxygen atoms in total. The van der Waals surface area contributed by atoms with E-state index in [4.69, 9.17) is 21.1 Å². The first kappa shape index (κ1) is 25.2. The van der Waals surface area contributed by atoms with E-state index in [0.29, 0.717) is 11.4 Å². The molecule has 0 spiro atoms. The standard InChI is InChI=1S/C24H29ClN2O5/c1-16(2)13-20(27-24(30)32-15-18-7-5-4-6-8-18)22(28)26-21(23(29)31-3)14-17-9-11-19(25)12-10-17/h4-12,16,20-21H,13-15H2,1-3H3,(H,26,28)(H,27,30)/t20-,21-/m0/s1. The normalized spacial score (nSPS) is 12.5. The maximum absolute atomic E-state index is 13.0. The fourth-order valence-electron chi connectivity index (χ4n) is 3.07. The second kappa shape index (κ2) is 12.7. The van der Waals surface area contributed by atoms with Crippen LogP contribution in [0.5, 0.6) is 0 Å². The van der Waals surface area contributed by atoms with Gasteiger partial charge in [0, 0.05) is 11.4 Å². The van der Waals surface area contributed by atoms with Crippen LogP contribution >= 0.6 is 11.6 Å². The van der Waals surface area contributed by atoms with Crippen molar-refractivity contribution in [2.75, 3.05) is 7.11 Å². The first-order valence-electron chi connectivity index (χ1n) is 10.4. The number of methoxy groups -OCH3 is 1. The highest BCUT2D eigenvalue weighted by atomic mass is 35.5. The quantitative estimate of drug-likeness (QED) is 0.525. The molecule has 32 heavy (non-hydrogen) atoms. The zero-order valence-electron chi connectivity index (χ0n) is 18.5. The Morgan fingerprint density at radius 1 is 0.906 bits per heavy atom. The summed E-state index contributed by atoms with van der Waals surface area (Å²) in [5, 5.41) is 5.88. The van der Waals surface area contributed by atoms with Crippen LogP contribution in [-0.2, 0) is 32.1 Å². The van der Waals surface area contributed by atoms with Crippen molar-refractivity contribution in [2.45, 2.75) is 45.4 Å². The van der Waals surface area contributed by atoms with Crippen molar-refractivity contribution >= 4 is 29.6 Å². The number of halogens is 1.